The Kier molecular flexibility index (Phi) is 5.18. The van der Waals surface area contributed by atoms with E-state index in [1.54, 1.807) is 19.9 Å². The highest BCUT2D eigenvalue weighted by atomic mass is 16.7. The number of cyclic esters (lactones) is 1. The van der Waals surface area contributed by atoms with Gasteiger partial charge in [0.25, 0.3) is 0 Å². The van der Waals surface area contributed by atoms with Crippen LogP contribution >= 0.6 is 0 Å². The van der Waals surface area contributed by atoms with Gasteiger partial charge in [-0.1, -0.05) is 13.0 Å². The molecule has 3 unspecified atom stereocenters. The number of Topliss-reactive ketones (excluding diaryl/α,β-unsaturated/α-hetero) is 1. The summed E-state index contributed by atoms with van der Waals surface area (Å²) < 4.78 is 16.4. The molecule has 5 atom stereocenters. The van der Waals surface area contributed by atoms with Crippen molar-refractivity contribution in [2.75, 3.05) is 26.7 Å². The van der Waals surface area contributed by atoms with E-state index >= 15 is 0 Å². The van der Waals surface area contributed by atoms with Crippen molar-refractivity contribution in [3.63, 3.8) is 0 Å². The third kappa shape index (κ3) is 3.66. The first-order chi connectivity index (χ1) is 12.6. The highest BCUT2D eigenvalue weighted by Gasteiger charge is 2.63. The second kappa shape index (κ2) is 7.00. The largest absolute Gasteiger partial charge is 0.459 e. The summed E-state index contributed by atoms with van der Waals surface area (Å²) in [4.78, 5) is 40.2. The van der Waals surface area contributed by atoms with Crippen molar-refractivity contribution in [1.82, 2.24) is 4.90 Å². The number of rotatable bonds is 0. The summed E-state index contributed by atoms with van der Waals surface area (Å²) in [6, 6.07) is 0. The second-order valence-electron chi connectivity index (χ2n) is 8.02. The van der Waals surface area contributed by atoms with E-state index in [0.29, 0.717) is 19.5 Å². The topological polar surface area (TPSA) is 106 Å². The lowest BCUT2D eigenvalue weighted by atomic mass is 9.82. The van der Waals surface area contributed by atoms with Gasteiger partial charge in [0, 0.05) is 25.1 Å². The Balaban J connectivity index is 1.97. The Hall–Kier alpha value is -1.77. The van der Waals surface area contributed by atoms with Gasteiger partial charge >= 0.3 is 11.9 Å². The van der Waals surface area contributed by atoms with Crippen LogP contribution in [-0.4, -0.2) is 77.9 Å². The van der Waals surface area contributed by atoms with E-state index in [-0.39, 0.29) is 24.4 Å². The first kappa shape index (κ1) is 20.0. The van der Waals surface area contributed by atoms with E-state index in [2.05, 4.69) is 0 Å². The summed E-state index contributed by atoms with van der Waals surface area (Å²) in [7, 11) is 1.89. The summed E-state index contributed by atoms with van der Waals surface area (Å²) >= 11 is 0. The van der Waals surface area contributed by atoms with Crippen LogP contribution in [0.25, 0.3) is 0 Å². The van der Waals surface area contributed by atoms with Crippen LogP contribution in [0.3, 0.4) is 0 Å². The predicted molar refractivity (Wildman–Crippen MR) is 93.7 cm³/mol. The third-order valence-electron chi connectivity index (χ3n) is 5.95. The van der Waals surface area contributed by atoms with E-state index in [1.165, 1.54) is 6.92 Å². The Morgan fingerprint density at radius 3 is 2.52 bits per heavy atom. The lowest BCUT2D eigenvalue weighted by Gasteiger charge is -2.32. The first-order valence-corrected chi connectivity index (χ1v) is 9.28. The minimum Gasteiger partial charge on any atom is -0.459 e. The van der Waals surface area contributed by atoms with Crippen molar-refractivity contribution in [2.24, 2.45) is 5.92 Å². The molecule has 3 heterocycles. The zero-order chi connectivity index (χ0) is 20.0. The second-order valence-corrected chi connectivity index (χ2v) is 8.02. The number of likely N-dealkylation sites (N-methyl/N-ethyl adjacent to an activating group) is 1. The molecule has 0 radical (unpaired) electrons. The zero-order valence-electron chi connectivity index (χ0n) is 16.2. The highest BCUT2D eigenvalue weighted by molar-refractivity contribution is 6.01. The molecule has 2 saturated heterocycles. The smallest absolute Gasteiger partial charge is 0.341 e. The Labute approximate surface area is 158 Å². The Morgan fingerprint density at radius 2 is 1.89 bits per heavy atom. The van der Waals surface area contributed by atoms with Gasteiger partial charge in [0.1, 0.15) is 6.61 Å². The van der Waals surface area contributed by atoms with Gasteiger partial charge in [-0.05, 0) is 33.2 Å². The van der Waals surface area contributed by atoms with E-state index in [0.717, 1.165) is 0 Å². The maximum Gasteiger partial charge on any atom is 0.341 e. The number of hydrogen-bond acceptors (Lipinski definition) is 8. The van der Waals surface area contributed by atoms with Crippen LogP contribution in [-0.2, 0) is 28.6 Å². The molecule has 1 spiro atoms. The maximum atomic E-state index is 12.9. The maximum absolute atomic E-state index is 12.9. The minimum atomic E-state index is -1.82. The SMILES string of the molecule is CC1O[C@@]12C[C@@H](C)C(C)(O)C(=O)OC/C1=C/CN(C)CCC(OC2=O)C1=O. The molecule has 3 aliphatic heterocycles. The van der Waals surface area contributed by atoms with Gasteiger partial charge in [0.2, 0.25) is 5.78 Å². The number of aliphatic hydroxyl groups is 1. The van der Waals surface area contributed by atoms with Crippen molar-refractivity contribution in [3.8, 4) is 0 Å². The van der Waals surface area contributed by atoms with Crippen molar-refractivity contribution in [3.05, 3.63) is 11.6 Å². The van der Waals surface area contributed by atoms with Gasteiger partial charge in [0.15, 0.2) is 17.3 Å². The molecule has 2 fully saturated rings. The van der Waals surface area contributed by atoms with Crippen LogP contribution in [0, 0.1) is 5.92 Å². The molecule has 0 aromatic rings. The fraction of sp³-hybridized carbons (Fsp3) is 0.737. The van der Waals surface area contributed by atoms with Crippen LogP contribution in [0.1, 0.15) is 33.6 Å². The molecule has 2 bridgehead atoms. The first-order valence-electron chi connectivity index (χ1n) is 9.28. The number of nitrogens with zero attached hydrogens (tertiary/aromatic N) is 1. The summed E-state index contributed by atoms with van der Waals surface area (Å²) in [5, 5.41) is 10.7. The Bertz CT molecular complexity index is 686. The monoisotopic (exact) mass is 381 g/mol. The normalized spacial score (nSPS) is 43.4. The molecule has 150 valence electrons. The standard InChI is InChI=1S/C19H27NO7/c1-11-9-19(12(2)27-19)17(23)26-14-6-8-20(4)7-5-13(15(14)21)10-25-16(22)18(11,3)24/h5,11-12,14,24H,6-10H2,1-4H3/b13-5-/t11-,12?,14?,18?,19+/m1/s1. The van der Waals surface area contributed by atoms with Gasteiger partial charge in [-0.2, -0.15) is 0 Å². The fourth-order valence-corrected chi connectivity index (χ4v) is 3.54. The van der Waals surface area contributed by atoms with Crippen LogP contribution in [0.15, 0.2) is 11.6 Å². The third-order valence-corrected chi connectivity index (χ3v) is 5.95. The number of carbonyl (C=O) groups excluding carboxylic acids is 3. The lowest BCUT2D eigenvalue weighted by Crippen LogP contribution is -2.48. The van der Waals surface area contributed by atoms with Gasteiger partial charge < -0.3 is 24.2 Å². The molecular weight excluding hydrogens is 354 g/mol. The molecule has 0 aromatic carbocycles. The van der Waals surface area contributed by atoms with Crippen LogP contribution in [0.5, 0.6) is 0 Å². The number of esters is 2. The fourth-order valence-electron chi connectivity index (χ4n) is 3.54. The number of ketones is 1. The van der Waals surface area contributed by atoms with Gasteiger partial charge in [0.05, 0.1) is 6.10 Å². The zero-order valence-corrected chi connectivity index (χ0v) is 16.2. The van der Waals surface area contributed by atoms with E-state index in [1.807, 2.05) is 11.9 Å². The summed E-state index contributed by atoms with van der Waals surface area (Å²) in [5.41, 5.74) is -2.81. The Morgan fingerprint density at radius 1 is 1.22 bits per heavy atom. The summed E-state index contributed by atoms with van der Waals surface area (Å²) in [5.74, 6) is -2.43. The average Bonchev–Trinajstić information content (AvgIpc) is 3.26. The molecule has 0 aliphatic carbocycles. The van der Waals surface area contributed by atoms with Crippen molar-refractivity contribution in [1.29, 1.82) is 0 Å². The molecule has 8 nitrogen and oxygen atoms in total. The van der Waals surface area contributed by atoms with Crippen LogP contribution < -0.4 is 0 Å². The van der Waals surface area contributed by atoms with Gasteiger partial charge in [-0.15, -0.1) is 0 Å². The molecule has 3 aliphatic rings. The molecule has 3 rings (SSSR count). The molecule has 0 aromatic heterocycles. The molecule has 0 saturated carbocycles. The van der Waals surface area contributed by atoms with Crippen molar-refractivity contribution >= 4 is 17.7 Å². The lowest BCUT2D eigenvalue weighted by molar-refractivity contribution is -0.173. The summed E-state index contributed by atoms with van der Waals surface area (Å²) in [6.45, 7) is 5.57. The molecular formula is C19H27NO7. The van der Waals surface area contributed by atoms with Crippen LogP contribution in [0.4, 0.5) is 0 Å². The molecule has 0 amide bonds. The van der Waals surface area contributed by atoms with Gasteiger partial charge in [-0.3, -0.25) is 4.79 Å². The van der Waals surface area contributed by atoms with Crippen molar-refractivity contribution in [2.45, 2.75) is 57.0 Å². The number of ether oxygens (including phenoxy) is 3. The van der Waals surface area contributed by atoms with E-state index in [4.69, 9.17) is 14.2 Å². The average molecular weight is 381 g/mol. The molecule has 1 N–H and O–H groups in total. The minimum absolute atomic E-state index is 0.0958. The molecule has 27 heavy (non-hydrogen) atoms. The van der Waals surface area contributed by atoms with Crippen LogP contribution in [0.2, 0.25) is 0 Å². The van der Waals surface area contributed by atoms with E-state index in [9.17, 15) is 19.5 Å². The number of fused-ring (bicyclic) bond motifs is 2. The van der Waals surface area contributed by atoms with Gasteiger partial charge in [-0.25, -0.2) is 9.59 Å². The summed E-state index contributed by atoms with van der Waals surface area (Å²) in [6.07, 6.45) is 0.756. The molecule has 8 heteroatoms. The van der Waals surface area contributed by atoms with E-state index < -0.39 is 41.3 Å². The van der Waals surface area contributed by atoms with Crippen molar-refractivity contribution < 1.29 is 33.7 Å². The number of hydrogen-bond donors (Lipinski definition) is 1. The number of carbonyl (C=O) groups is 3. The predicted octanol–water partition coefficient (Wildman–Crippen LogP) is 0.221. The number of epoxide rings is 1. The highest BCUT2D eigenvalue weighted by Crippen LogP contribution is 2.45. The quantitative estimate of drug-likeness (QED) is 0.469.